The van der Waals surface area contributed by atoms with E-state index in [9.17, 15) is 4.79 Å². The average molecular weight is 185 g/mol. The Labute approximate surface area is 77.9 Å². The van der Waals surface area contributed by atoms with Gasteiger partial charge in [0, 0.05) is 26.7 Å². The van der Waals surface area contributed by atoms with Gasteiger partial charge in [-0.3, -0.25) is 4.79 Å². The maximum atomic E-state index is 10.9. The van der Waals surface area contributed by atoms with Gasteiger partial charge in [-0.05, 0) is 6.08 Å². The van der Waals surface area contributed by atoms with Gasteiger partial charge >= 0.3 is 0 Å². The van der Waals surface area contributed by atoms with E-state index in [-0.39, 0.29) is 11.5 Å². The van der Waals surface area contributed by atoms with Crippen molar-refractivity contribution in [3.63, 3.8) is 0 Å². The second kappa shape index (κ2) is 4.39. The number of rotatable bonds is 4. The Balaban J connectivity index is 2.39. The molecule has 1 saturated heterocycles. The van der Waals surface area contributed by atoms with Crippen LogP contribution in [0.15, 0.2) is 12.7 Å². The summed E-state index contributed by atoms with van der Waals surface area (Å²) in [5, 5.41) is 2.70. The zero-order valence-electron chi connectivity index (χ0n) is 7.84. The lowest BCUT2D eigenvalue weighted by atomic mass is 10.0. The normalized spacial score (nSPS) is 27.2. The molecule has 0 aromatic rings. The topological polar surface area (TPSA) is 47.6 Å². The van der Waals surface area contributed by atoms with E-state index in [1.807, 2.05) is 0 Å². The number of carbonyl (C=O) groups excluding carboxylic acids is 1. The molecule has 4 heteroatoms. The van der Waals surface area contributed by atoms with E-state index < -0.39 is 0 Å². The Bertz CT molecular complexity index is 197. The van der Waals surface area contributed by atoms with Crippen molar-refractivity contribution >= 4 is 5.91 Å². The number of nitrogens with one attached hydrogen (secondary N) is 1. The van der Waals surface area contributed by atoms with Crippen LogP contribution in [0.2, 0.25) is 0 Å². The number of hydrogen-bond acceptors (Lipinski definition) is 3. The highest BCUT2D eigenvalue weighted by Crippen LogP contribution is 2.21. The van der Waals surface area contributed by atoms with Crippen LogP contribution in [0, 0.1) is 0 Å². The van der Waals surface area contributed by atoms with Crippen LogP contribution in [0.5, 0.6) is 0 Å². The van der Waals surface area contributed by atoms with Crippen molar-refractivity contribution < 1.29 is 14.3 Å². The van der Waals surface area contributed by atoms with E-state index in [2.05, 4.69) is 11.9 Å². The zero-order valence-corrected chi connectivity index (χ0v) is 7.84. The minimum Gasteiger partial charge on any atom is -0.378 e. The fraction of sp³-hybridized carbons (Fsp3) is 0.667. The third-order valence-electron chi connectivity index (χ3n) is 2.27. The molecule has 0 spiro atoms. The summed E-state index contributed by atoms with van der Waals surface area (Å²) in [6.07, 6.45) is 2.07. The number of hydrogen-bond donors (Lipinski definition) is 1. The van der Waals surface area contributed by atoms with E-state index in [1.165, 1.54) is 6.08 Å². The molecule has 4 nitrogen and oxygen atoms in total. The lowest BCUT2D eigenvalue weighted by Gasteiger charge is -2.25. The predicted molar refractivity (Wildman–Crippen MR) is 48.4 cm³/mol. The first-order chi connectivity index (χ1) is 6.22. The highest BCUT2D eigenvalue weighted by molar-refractivity contribution is 5.86. The largest absolute Gasteiger partial charge is 0.378 e. The van der Waals surface area contributed by atoms with Gasteiger partial charge in [0.2, 0.25) is 5.91 Å². The molecule has 0 radical (unpaired) electrons. The molecule has 13 heavy (non-hydrogen) atoms. The number of carbonyl (C=O) groups is 1. The first-order valence-electron chi connectivity index (χ1n) is 4.25. The summed E-state index contributed by atoms with van der Waals surface area (Å²) in [5.41, 5.74) is -0.335. The third-order valence-corrected chi connectivity index (χ3v) is 2.27. The number of ether oxygens (including phenoxy) is 2. The van der Waals surface area contributed by atoms with E-state index in [0.29, 0.717) is 19.8 Å². The van der Waals surface area contributed by atoms with Gasteiger partial charge in [-0.1, -0.05) is 6.58 Å². The highest BCUT2D eigenvalue weighted by Gasteiger charge is 2.34. The monoisotopic (exact) mass is 185 g/mol. The van der Waals surface area contributed by atoms with Gasteiger partial charge in [0.15, 0.2) is 0 Å². The molecular formula is C9H15NO3. The standard InChI is InChI=1S/C9H15NO3/c1-3-8(11)10-6-9(12-2)4-5-13-7-9/h3H,1,4-7H2,2H3,(H,10,11). The highest BCUT2D eigenvalue weighted by atomic mass is 16.5. The van der Waals surface area contributed by atoms with E-state index in [0.717, 1.165) is 6.42 Å². The van der Waals surface area contributed by atoms with Crippen LogP contribution < -0.4 is 5.32 Å². The number of methoxy groups -OCH3 is 1. The molecule has 0 bridgehead atoms. The Morgan fingerprint density at radius 3 is 3.08 bits per heavy atom. The van der Waals surface area contributed by atoms with Gasteiger partial charge in [0.05, 0.1) is 6.61 Å². The van der Waals surface area contributed by atoms with Gasteiger partial charge in [0.1, 0.15) is 5.60 Å². The van der Waals surface area contributed by atoms with E-state index in [4.69, 9.17) is 9.47 Å². The summed E-state index contributed by atoms with van der Waals surface area (Å²) < 4.78 is 10.5. The molecule has 1 fully saturated rings. The average Bonchev–Trinajstić information content (AvgIpc) is 2.63. The summed E-state index contributed by atoms with van der Waals surface area (Å²) in [5.74, 6) is -0.177. The molecule has 1 atom stereocenters. The Morgan fingerprint density at radius 2 is 2.62 bits per heavy atom. The maximum absolute atomic E-state index is 10.9. The fourth-order valence-corrected chi connectivity index (χ4v) is 1.28. The molecular weight excluding hydrogens is 170 g/mol. The molecule has 74 valence electrons. The molecule has 0 aliphatic carbocycles. The van der Waals surface area contributed by atoms with Crippen molar-refractivity contribution in [1.29, 1.82) is 0 Å². The van der Waals surface area contributed by atoms with Crippen LogP contribution >= 0.6 is 0 Å². The van der Waals surface area contributed by atoms with Gasteiger partial charge in [-0.2, -0.15) is 0 Å². The summed E-state index contributed by atoms with van der Waals surface area (Å²) >= 11 is 0. The maximum Gasteiger partial charge on any atom is 0.243 e. The van der Waals surface area contributed by atoms with Crippen LogP contribution in [-0.4, -0.2) is 38.4 Å². The molecule has 1 rings (SSSR count). The molecule has 1 unspecified atom stereocenters. The summed E-state index contributed by atoms with van der Waals surface area (Å²) in [7, 11) is 1.63. The summed E-state index contributed by atoms with van der Waals surface area (Å²) in [6, 6.07) is 0. The van der Waals surface area contributed by atoms with Crippen molar-refractivity contribution in [2.24, 2.45) is 0 Å². The first-order valence-corrected chi connectivity index (χ1v) is 4.25. The molecule has 1 aliphatic heterocycles. The predicted octanol–water partition coefficient (Wildman–Crippen LogP) is 0.0941. The van der Waals surface area contributed by atoms with Crippen LogP contribution in [0.1, 0.15) is 6.42 Å². The molecule has 1 N–H and O–H groups in total. The Hall–Kier alpha value is -0.870. The molecule has 1 amide bonds. The van der Waals surface area contributed by atoms with Gasteiger partial charge in [-0.15, -0.1) is 0 Å². The van der Waals surface area contributed by atoms with Crippen molar-refractivity contribution in [2.45, 2.75) is 12.0 Å². The summed E-state index contributed by atoms with van der Waals surface area (Å²) in [4.78, 5) is 10.9. The van der Waals surface area contributed by atoms with Gasteiger partial charge in [-0.25, -0.2) is 0 Å². The van der Waals surface area contributed by atoms with Crippen molar-refractivity contribution in [2.75, 3.05) is 26.9 Å². The second-order valence-corrected chi connectivity index (χ2v) is 3.11. The third kappa shape index (κ3) is 2.54. The van der Waals surface area contributed by atoms with Crippen LogP contribution in [0.3, 0.4) is 0 Å². The number of amides is 1. The second-order valence-electron chi connectivity index (χ2n) is 3.11. The quantitative estimate of drug-likeness (QED) is 0.632. The molecule has 0 aromatic carbocycles. The van der Waals surface area contributed by atoms with E-state index >= 15 is 0 Å². The smallest absolute Gasteiger partial charge is 0.243 e. The van der Waals surface area contributed by atoms with E-state index in [1.54, 1.807) is 7.11 Å². The molecule has 1 aliphatic rings. The molecule has 0 aromatic heterocycles. The fourth-order valence-electron chi connectivity index (χ4n) is 1.28. The minimum absolute atomic E-state index is 0.177. The van der Waals surface area contributed by atoms with Crippen molar-refractivity contribution in [3.05, 3.63) is 12.7 Å². The van der Waals surface area contributed by atoms with Crippen molar-refractivity contribution in [3.8, 4) is 0 Å². The van der Waals surface area contributed by atoms with Crippen LogP contribution in [-0.2, 0) is 14.3 Å². The lowest BCUT2D eigenvalue weighted by molar-refractivity contribution is -0.118. The lowest BCUT2D eigenvalue weighted by Crippen LogP contribution is -2.44. The van der Waals surface area contributed by atoms with Gasteiger partial charge in [0.25, 0.3) is 0 Å². The summed E-state index contributed by atoms with van der Waals surface area (Å²) in [6.45, 7) is 5.09. The van der Waals surface area contributed by atoms with Crippen molar-refractivity contribution in [1.82, 2.24) is 5.32 Å². The Morgan fingerprint density at radius 1 is 1.85 bits per heavy atom. The molecule has 1 heterocycles. The SMILES string of the molecule is C=CC(=O)NCC1(OC)CCOC1. The molecule has 0 saturated carbocycles. The van der Waals surface area contributed by atoms with Gasteiger partial charge < -0.3 is 14.8 Å². The first kappa shape index (κ1) is 10.2. The zero-order chi connectivity index (χ0) is 9.73. The van der Waals surface area contributed by atoms with Crippen LogP contribution in [0.4, 0.5) is 0 Å². The Kier molecular flexibility index (Phi) is 3.45. The minimum atomic E-state index is -0.335. The van der Waals surface area contributed by atoms with Crippen LogP contribution in [0.25, 0.3) is 0 Å².